The molecule has 2 atom stereocenters. The number of methoxy groups -OCH3 is 1. The first-order valence-corrected chi connectivity index (χ1v) is 17.9. The number of anilines is 3. The van der Waals surface area contributed by atoms with Gasteiger partial charge in [0.1, 0.15) is 5.75 Å². The first-order valence-electron chi connectivity index (χ1n) is 15.0. The number of nitrogens with zero attached hydrogens (tertiary/aromatic N) is 2. The molecule has 0 saturated carbocycles. The molecule has 1 N–H and O–H groups in total. The Hall–Kier alpha value is -5.13. The fourth-order valence-corrected chi connectivity index (χ4v) is 9.66. The number of sulfonamides is 2. The van der Waals surface area contributed by atoms with Crippen molar-refractivity contribution < 1.29 is 26.4 Å². The number of benzene rings is 5. The number of hydrogen-bond donors (Lipinski definition) is 1. The number of ether oxygens (including phenoxy) is 1. The zero-order valence-electron chi connectivity index (χ0n) is 25.6. The van der Waals surface area contributed by atoms with E-state index in [2.05, 4.69) is 5.32 Å². The Morgan fingerprint density at radius 3 is 2.02 bits per heavy atom. The molecule has 0 spiro atoms. The van der Waals surface area contributed by atoms with Crippen LogP contribution in [-0.4, -0.2) is 36.4 Å². The molecule has 1 amide bonds. The normalized spacial score (nSPS) is 17.0. The summed E-state index contributed by atoms with van der Waals surface area (Å²) >= 11 is 0. The average Bonchev–Trinajstić information content (AvgIpc) is 3.42. The molecule has 47 heavy (non-hydrogen) atoms. The highest BCUT2D eigenvalue weighted by atomic mass is 32.2. The van der Waals surface area contributed by atoms with Gasteiger partial charge >= 0.3 is 0 Å². The average molecular weight is 666 g/mol. The van der Waals surface area contributed by atoms with Crippen molar-refractivity contribution in [2.75, 3.05) is 27.6 Å². The van der Waals surface area contributed by atoms with E-state index in [9.17, 15) is 21.6 Å². The van der Waals surface area contributed by atoms with Crippen molar-refractivity contribution >= 4 is 43.0 Å². The molecule has 11 heteroatoms. The molecule has 5 aromatic carbocycles. The summed E-state index contributed by atoms with van der Waals surface area (Å²) in [5.74, 6) is -0.737. The third-order valence-electron chi connectivity index (χ3n) is 8.70. The molecule has 2 heterocycles. The van der Waals surface area contributed by atoms with Crippen LogP contribution in [0.25, 0.3) is 0 Å². The number of fused-ring (bicyclic) bond motifs is 5. The lowest BCUT2D eigenvalue weighted by Crippen LogP contribution is -2.44. The zero-order valence-corrected chi connectivity index (χ0v) is 27.2. The van der Waals surface area contributed by atoms with E-state index in [0.717, 1.165) is 5.56 Å². The van der Waals surface area contributed by atoms with Crippen LogP contribution >= 0.6 is 0 Å². The summed E-state index contributed by atoms with van der Waals surface area (Å²) in [6.45, 7) is 1.85. The van der Waals surface area contributed by atoms with Gasteiger partial charge < -0.3 is 10.1 Å². The lowest BCUT2D eigenvalue weighted by molar-refractivity contribution is 0.102. The predicted molar refractivity (Wildman–Crippen MR) is 181 cm³/mol. The smallest absolute Gasteiger partial charge is 0.264 e. The third kappa shape index (κ3) is 5.12. The van der Waals surface area contributed by atoms with Crippen LogP contribution in [0.3, 0.4) is 0 Å². The van der Waals surface area contributed by atoms with E-state index >= 15 is 0 Å². The highest BCUT2D eigenvalue weighted by Crippen LogP contribution is 2.58. The largest absolute Gasteiger partial charge is 0.494 e. The maximum Gasteiger partial charge on any atom is 0.264 e. The Labute approximate surface area is 274 Å². The maximum atomic E-state index is 14.5. The van der Waals surface area contributed by atoms with Crippen LogP contribution in [0.1, 0.15) is 39.0 Å². The van der Waals surface area contributed by atoms with E-state index in [1.54, 1.807) is 103 Å². The number of aryl methyl sites for hydroxylation is 1. The SMILES string of the molecule is COc1cc2c(cc1NC(=O)c1ccccc1)[C@H]1CN(S(=O)(=O)c3ccc(C)cc3)c3ccccc3[C@H]1N2S(=O)(=O)c1ccccc1. The van der Waals surface area contributed by atoms with Crippen LogP contribution in [0.15, 0.2) is 131 Å². The Bertz CT molecular complexity index is 2210. The second-order valence-corrected chi connectivity index (χ2v) is 15.2. The Morgan fingerprint density at radius 2 is 1.34 bits per heavy atom. The summed E-state index contributed by atoms with van der Waals surface area (Å²) < 4.78 is 66.0. The van der Waals surface area contributed by atoms with E-state index < -0.39 is 32.0 Å². The van der Waals surface area contributed by atoms with Gasteiger partial charge in [0.25, 0.3) is 26.0 Å². The molecule has 0 saturated heterocycles. The highest BCUT2D eigenvalue weighted by molar-refractivity contribution is 7.93. The van der Waals surface area contributed by atoms with E-state index in [4.69, 9.17) is 4.74 Å². The number of carbonyl (C=O) groups is 1. The van der Waals surface area contributed by atoms with Gasteiger partial charge in [0.15, 0.2) is 0 Å². The molecule has 9 nitrogen and oxygen atoms in total. The van der Waals surface area contributed by atoms with Gasteiger partial charge in [-0.1, -0.05) is 72.3 Å². The molecular weight excluding hydrogens is 635 g/mol. The lowest BCUT2D eigenvalue weighted by Gasteiger charge is -2.40. The van der Waals surface area contributed by atoms with Crippen LogP contribution < -0.4 is 18.7 Å². The van der Waals surface area contributed by atoms with Crippen molar-refractivity contribution in [2.24, 2.45) is 0 Å². The van der Waals surface area contributed by atoms with Crippen LogP contribution in [-0.2, 0) is 20.0 Å². The summed E-state index contributed by atoms with van der Waals surface area (Å²) in [4.78, 5) is 13.5. The molecule has 0 fully saturated rings. The fraction of sp³-hybridized carbons (Fsp3) is 0.139. The minimum absolute atomic E-state index is 0.0376. The number of rotatable bonds is 7. The maximum absolute atomic E-state index is 14.5. The van der Waals surface area contributed by atoms with E-state index in [-0.39, 0.29) is 28.0 Å². The van der Waals surface area contributed by atoms with Gasteiger partial charge in [0.2, 0.25) is 0 Å². The summed E-state index contributed by atoms with van der Waals surface area (Å²) in [7, 11) is -6.75. The summed E-state index contributed by atoms with van der Waals surface area (Å²) in [5, 5.41) is 2.92. The van der Waals surface area contributed by atoms with Crippen LogP contribution in [0.4, 0.5) is 17.1 Å². The van der Waals surface area contributed by atoms with E-state index in [1.165, 1.54) is 27.9 Å². The molecule has 0 unspecified atom stereocenters. The van der Waals surface area contributed by atoms with Crippen LogP contribution in [0, 0.1) is 6.92 Å². The number of carbonyl (C=O) groups excluding carboxylic acids is 1. The molecule has 0 radical (unpaired) electrons. The number of para-hydroxylation sites is 1. The molecule has 0 aromatic heterocycles. The first kappa shape index (κ1) is 30.5. The molecule has 2 aliphatic heterocycles. The van der Waals surface area contributed by atoms with Crippen LogP contribution in [0.2, 0.25) is 0 Å². The minimum Gasteiger partial charge on any atom is -0.494 e. The van der Waals surface area contributed by atoms with Crippen molar-refractivity contribution in [1.82, 2.24) is 0 Å². The molecular formula is C36H31N3O6S2. The highest BCUT2D eigenvalue weighted by Gasteiger charge is 2.51. The van der Waals surface area contributed by atoms with Crippen molar-refractivity contribution in [3.05, 3.63) is 144 Å². The van der Waals surface area contributed by atoms with Crippen LogP contribution in [0.5, 0.6) is 5.75 Å². The first-order chi connectivity index (χ1) is 22.6. The van der Waals surface area contributed by atoms with Crippen molar-refractivity contribution in [2.45, 2.75) is 28.7 Å². The lowest BCUT2D eigenvalue weighted by atomic mass is 9.86. The number of hydrogen-bond acceptors (Lipinski definition) is 6. The van der Waals surface area contributed by atoms with Gasteiger partial charge in [-0.15, -0.1) is 0 Å². The second kappa shape index (κ2) is 11.6. The molecule has 238 valence electrons. The van der Waals surface area contributed by atoms with Crippen molar-refractivity contribution in [3.63, 3.8) is 0 Å². The standard InChI is InChI=1S/C36H31N3O6S2/c1-24-17-19-27(20-18-24)46(41,42)38-23-30-29-21-31(37-36(40)25-11-5-3-6-12-25)34(45-2)22-33(29)39(35(30)28-15-9-10-16-32(28)38)47(43,44)26-13-7-4-8-14-26/h3-22,30,35H,23H2,1-2H3,(H,37,40)/t30-,35-/m1/s1. The number of nitrogens with one attached hydrogen (secondary N) is 1. The van der Waals surface area contributed by atoms with Gasteiger partial charge in [-0.2, -0.15) is 0 Å². The Kier molecular flexibility index (Phi) is 7.53. The van der Waals surface area contributed by atoms with E-state index in [1.807, 2.05) is 13.0 Å². The minimum atomic E-state index is -4.16. The van der Waals surface area contributed by atoms with Gasteiger partial charge in [-0.25, -0.2) is 16.8 Å². The van der Waals surface area contributed by atoms with Crippen molar-refractivity contribution in [1.29, 1.82) is 0 Å². The Morgan fingerprint density at radius 1 is 0.723 bits per heavy atom. The monoisotopic (exact) mass is 665 g/mol. The Balaban J connectivity index is 1.43. The quantitative estimate of drug-likeness (QED) is 0.213. The second-order valence-electron chi connectivity index (χ2n) is 11.5. The fourth-order valence-electron chi connectivity index (χ4n) is 6.44. The molecule has 0 aliphatic carbocycles. The summed E-state index contributed by atoms with van der Waals surface area (Å²) in [6.07, 6.45) is 0. The van der Waals surface area contributed by atoms with Gasteiger partial charge in [-0.3, -0.25) is 13.4 Å². The molecule has 2 aliphatic rings. The van der Waals surface area contributed by atoms with Gasteiger partial charge in [0, 0.05) is 29.7 Å². The topological polar surface area (TPSA) is 113 Å². The third-order valence-corrected chi connectivity index (χ3v) is 12.3. The molecule has 0 bridgehead atoms. The molecule has 7 rings (SSSR count). The number of amides is 1. The van der Waals surface area contributed by atoms with Crippen molar-refractivity contribution in [3.8, 4) is 5.75 Å². The predicted octanol–water partition coefficient (Wildman–Crippen LogP) is 6.50. The zero-order chi connectivity index (χ0) is 32.9. The summed E-state index contributed by atoms with van der Waals surface area (Å²) in [5.41, 5.74) is 3.56. The molecule has 5 aromatic rings. The van der Waals surface area contributed by atoms with Gasteiger partial charge in [-0.05, 0) is 61.0 Å². The van der Waals surface area contributed by atoms with Gasteiger partial charge in [0.05, 0.1) is 40.0 Å². The summed E-state index contributed by atoms with van der Waals surface area (Å²) in [6, 6.07) is 33.0. The van der Waals surface area contributed by atoms with E-state index in [0.29, 0.717) is 33.8 Å².